The van der Waals surface area contributed by atoms with Crippen LogP contribution < -0.4 is 5.32 Å². The molecule has 3 heteroatoms. The maximum atomic E-state index is 10.8. The molecule has 0 aliphatic carbocycles. The van der Waals surface area contributed by atoms with Crippen LogP contribution >= 0.6 is 0 Å². The van der Waals surface area contributed by atoms with Crippen LogP contribution in [0.15, 0.2) is 0 Å². The summed E-state index contributed by atoms with van der Waals surface area (Å²) in [6, 6.07) is 0.127. The Hall–Kier alpha value is -0.730. The maximum Gasteiger partial charge on any atom is 0.407 e. The fourth-order valence-corrected chi connectivity index (χ4v) is 1.44. The van der Waals surface area contributed by atoms with Crippen LogP contribution in [0, 0.1) is 5.41 Å². The first-order valence-electron chi connectivity index (χ1n) is 3.88. The Labute approximate surface area is 67.1 Å². The van der Waals surface area contributed by atoms with Crippen molar-refractivity contribution in [2.75, 3.05) is 0 Å². The van der Waals surface area contributed by atoms with Gasteiger partial charge in [-0.05, 0) is 6.92 Å². The summed E-state index contributed by atoms with van der Waals surface area (Å²) in [5.41, 5.74) is 0.0264. The van der Waals surface area contributed by atoms with E-state index in [4.69, 9.17) is 4.74 Å². The lowest BCUT2D eigenvalue weighted by atomic mass is 9.86. The van der Waals surface area contributed by atoms with E-state index in [0.717, 1.165) is 0 Å². The van der Waals surface area contributed by atoms with Crippen molar-refractivity contribution < 1.29 is 9.53 Å². The Morgan fingerprint density at radius 3 is 2.18 bits per heavy atom. The van der Waals surface area contributed by atoms with Gasteiger partial charge in [-0.2, -0.15) is 0 Å². The van der Waals surface area contributed by atoms with E-state index in [1.54, 1.807) is 0 Å². The van der Waals surface area contributed by atoms with Crippen LogP contribution in [0.1, 0.15) is 27.7 Å². The van der Waals surface area contributed by atoms with Crippen LogP contribution in [-0.4, -0.2) is 18.2 Å². The van der Waals surface area contributed by atoms with E-state index in [-0.39, 0.29) is 23.7 Å². The topological polar surface area (TPSA) is 38.3 Å². The Morgan fingerprint density at radius 2 is 2.00 bits per heavy atom. The van der Waals surface area contributed by atoms with Crippen LogP contribution in [0.5, 0.6) is 0 Å². The van der Waals surface area contributed by atoms with Crippen molar-refractivity contribution in [3.8, 4) is 0 Å². The van der Waals surface area contributed by atoms with Gasteiger partial charge in [0.15, 0.2) is 0 Å². The predicted molar refractivity (Wildman–Crippen MR) is 42.3 cm³/mol. The fraction of sp³-hybridized carbons (Fsp3) is 0.875. The van der Waals surface area contributed by atoms with E-state index in [1.165, 1.54) is 0 Å². The second-order valence-electron chi connectivity index (χ2n) is 4.12. The average Bonchev–Trinajstić information content (AvgIpc) is 2.08. The summed E-state index contributed by atoms with van der Waals surface area (Å²) in [6.45, 7) is 8.15. The minimum atomic E-state index is -0.294. The van der Waals surface area contributed by atoms with Crippen molar-refractivity contribution in [2.24, 2.45) is 5.41 Å². The highest BCUT2D eigenvalue weighted by Gasteiger charge is 2.38. The summed E-state index contributed by atoms with van der Waals surface area (Å²) in [5, 5.41) is 2.71. The molecule has 0 unspecified atom stereocenters. The predicted octanol–water partition coefficient (Wildman–Crippen LogP) is 1.53. The Balaban J connectivity index is 2.67. The zero-order valence-corrected chi connectivity index (χ0v) is 7.47. The molecule has 1 rings (SSSR count). The van der Waals surface area contributed by atoms with Gasteiger partial charge in [0.05, 0.1) is 6.04 Å². The summed E-state index contributed by atoms with van der Waals surface area (Å²) in [4.78, 5) is 10.8. The fourth-order valence-electron chi connectivity index (χ4n) is 1.44. The Kier molecular flexibility index (Phi) is 1.82. The molecule has 2 atom stereocenters. The van der Waals surface area contributed by atoms with Crippen molar-refractivity contribution in [1.29, 1.82) is 0 Å². The number of carbonyl (C=O) groups excluding carboxylic acids is 1. The van der Waals surface area contributed by atoms with Gasteiger partial charge in [0.2, 0.25) is 0 Å². The number of nitrogens with one attached hydrogen (secondary N) is 1. The third kappa shape index (κ3) is 1.64. The molecule has 64 valence electrons. The van der Waals surface area contributed by atoms with Crippen molar-refractivity contribution in [3.05, 3.63) is 0 Å². The van der Waals surface area contributed by atoms with E-state index in [0.29, 0.717) is 0 Å². The molecule has 0 bridgehead atoms. The first-order valence-corrected chi connectivity index (χ1v) is 3.88. The van der Waals surface area contributed by atoms with Crippen molar-refractivity contribution in [2.45, 2.75) is 39.8 Å². The second kappa shape index (κ2) is 2.40. The molecule has 1 saturated heterocycles. The van der Waals surface area contributed by atoms with Crippen LogP contribution in [0.4, 0.5) is 4.79 Å². The quantitative estimate of drug-likeness (QED) is 0.579. The van der Waals surface area contributed by atoms with Gasteiger partial charge in [-0.3, -0.25) is 0 Å². The van der Waals surface area contributed by atoms with E-state index in [9.17, 15) is 4.79 Å². The van der Waals surface area contributed by atoms with Crippen molar-refractivity contribution in [3.63, 3.8) is 0 Å². The monoisotopic (exact) mass is 157 g/mol. The lowest BCUT2D eigenvalue weighted by Crippen LogP contribution is -2.37. The molecule has 1 amide bonds. The summed E-state index contributed by atoms with van der Waals surface area (Å²) >= 11 is 0. The van der Waals surface area contributed by atoms with E-state index in [2.05, 4.69) is 26.1 Å². The SMILES string of the molecule is C[C@H]1NC(=O)O[C@H]1C(C)(C)C. The highest BCUT2D eigenvalue weighted by atomic mass is 16.6. The third-order valence-corrected chi connectivity index (χ3v) is 1.89. The smallest absolute Gasteiger partial charge is 0.407 e. The highest BCUT2D eigenvalue weighted by Crippen LogP contribution is 2.27. The number of rotatable bonds is 0. The molecule has 11 heavy (non-hydrogen) atoms. The van der Waals surface area contributed by atoms with Gasteiger partial charge in [0.1, 0.15) is 6.10 Å². The van der Waals surface area contributed by atoms with Gasteiger partial charge in [0.25, 0.3) is 0 Å². The van der Waals surface area contributed by atoms with Crippen LogP contribution in [0.25, 0.3) is 0 Å². The molecule has 0 aromatic heterocycles. The molecule has 0 aromatic carbocycles. The lowest BCUT2D eigenvalue weighted by Gasteiger charge is -2.27. The first kappa shape index (κ1) is 8.37. The van der Waals surface area contributed by atoms with E-state index >= 15 is 0 Å². The molecular weight excluding hydrogens is 142 g/mol. The molecule has 1 aliphatic rings. The second-order valence-corrected chi connectivity index (χ2v) is 4.12. The van der Waals surface area contributed by atoms with Crippen LogP contribution in [-0.2, 0) is 4.74 Å². The number of hydrogen-bond donors (Lipinski definition) is 1. The molecule has 1 aliphatic heterocycles. The Morgan fingerprint density at radius 1 is 1.45 bits per heavy atom. The summed E-state index contributed by atoms with van der Waals surface area (Å²) in [5.74, 6) is 0. The van der Waals surface area contributed by atoms with Crippen LogP contribution in [0.3, 0.4) is 0 Å². The molecule has 3 nitrogen and oxygen atoms in total. The summed E-state index contributed by atoms with van der Waals surface area (Å²) < 4.78 is 5.09. The molecule has 0 aromatic rings. The van der Waals surface area contributed by atoms with Crippen LogP contribution in [0.2, 0.25) is 0 Å². The number of carbonyl (C=O) groups is 1. The number of alkyl carbamates (subject to hydrolysis) is 1. The molecule has 1 N–H and O–H groups in total. The number of hydrogen-bond acceptors (Lipinski definition) is 2. The highest BCUT2D eigenvalue weighted by molar-refractivity contribution is 5.70. The molecule has 1 fully saturated rings. The van der Waals surface area contributed by atoms with Gasteiger partial charge in [0, 0.05) is 5.41 Å². The third-order valence-electron chi connectivity index (χ3n) is 1.89. The van der Waals surface area contributed by atoms with Gasteiger partial charge < -0.3 is 10.1 Å². The zero-order chi connectivity index (χ0) is 8.65. The van der Waals surface area contributed by atoms with Gasteiger partial charge in [-0.1, -0.05) is 20.8 Å². The first-order chi connectivity index (χ1) is 4.91. The number of cyclic esters (lactones) is 1. The van der Waals surface area contributed by atoms with E-state index in [1.807, 2.05) is 6.92 Å². The number of ether oxygens (including phenoxy) is 1. The van der Waals surface area contributed by atoms with Gasteiger partial charge in [-0.25, -0.2) is 4.79 Å². The number of amides is 1. The molecule has 0 saturated carbocycles. The average molecular weight is 157 g/mol. The molecule has 0 spiro atoms. The van der Waals surface area contributed by atoms with E-state index < -0.39 is 0 Å². The lowest BCUT2D eigenvalue weighted by molar-refractivity contribution is 0.0590. The summed E-state index contributed by atoms with van der Waals surface area (Å²) in [7, 11) is 0. The van der Waals surface area contributed by atoms with Gasteiger partial charge in [-0.15, -0.1) is 0 Å². The van der Waals surface area contributed by atoms with Crippen molar-refractivity contribution >= 4 is 6.09 Å². The summed E-state index contributed by atoms with van der Waals surface area (Å²) in [6.07, 6.45) is -0.299. The van der Waals surface area contributed by atoms with Gasteiger partial charge >= 0.3 is 6.09 Å². The zero-order valence-electron chi connectivity index (χ0n) is 7.47. The molecule has 1 heterocycles. The molecular formula is C8H15NO2. The normalized spacial score (nSPS) is 31.5. The largest absolute Gasteiger partial charge is 0.444 e. The standard InChI is InChI=1S/C8H15NO2/c1-5-6(8(2,3)4)11-7(10)9-5/h5-6H,1-4H3,(H,9,10)/t5-,6-/m1/s1. The minimum absolute atomic E-state index is 0.00463. The molecule has 0 radical (unpaired) electrons. The Bertz CT molecular complexity index is 171. The maximum absolute atomic E-state index is 10.8. The van der Waals surface area contributed by atoms with Crippen molar-refractivity contribution in [1.82, 2.24) is 5.32 Å². The minimum Gasteiger partial charge on any atom is -0.444 e.